The van der Waals surface area contributed by atoms with Crippen LogP contribution in [0.4, 0.5) is 4.39 Å². The topological polar surface area (TPSA) is 67.4 Å². The monoisotopic (exact) mass is 334 g/mol. The van der Waals surface area contributed by atoms with E-state index in [9.17, 15) is 14.0 Å². The minimum Gasteiger partial charge on any atom is -0.494 e. The molecule has 5 nitrogen and oxygen atoms in total. The second-order valence-electron chi connectivity index (χ2n) is 5.92. The molecule has 0 spiro atoms. The fourth-order valence-corrected chi connectivity index (χ4v) is 3.03. The Hall–Kier alpha value is -2.37. The van der Waals surface area contributed by atoms with Gasteiger partial charge >= 0.3 is 0 Å². The molecule has 1 saturated carbocycles. The van der Waals surface area contributed by atoms with E-state index in [4.69, 9.17) is 4.74 Å². The van der Waals surface area contributed by atoms with E-state index < -0.39 is 17.3 Å². The van der Waals surface area contributed by atoms with Gasteiger partial charge in [0.25, 0.3) is 5.91 Å². The molecule has 0 heterocycles. The molecule has 1 aliphatic rings. The van der Waals surface area contributed by atoms with Crippen molar-refractivity contribution in [2.24, 2.45) is 0 Å². The van der Waals surface area contributed by atoms with Crippen LogP contribution in [0.5, 0.6) is 5.75 Å². The van der Waals surface area contributed by atoms with E-state index in [0.29, 0.717) is 19.4 Å². The molecule has 0 aromatic heterocycles. The molecule has 6 heteroatoms. The molecule has 2 N–H and O–H groups in total. The number of halogens is 1. The summed E-state index contributed by atoms with van der Waals surface area (Å²) >= 11 is 0. The molecule has 0 bridgehead atoms. The van der Waals surface area contributed by atoms with Crippen LogP contribution in [0.15, 0.2) is 30.9 Å². The number of carbonyl (C=O) groups is 2. The van der Waals surface area contributed by atoms with Crippen LogP contribution in [-0.2, 0) is 4.79 Å². The van der Waals surface area contributed by atoms with Gasteiger partial charge in [-0.05, 0) is 25.0 Å². The molecule has 130 valence electrons. The third-order valence-electron chi connectivity index (χ3n) is 4.33. The number of benzene rings is 1. The van der Waals surface area contributed by atoms with Gasteiger partial charge in [0.1, 0.15) is 5.54 Å². The number of ether oxygens (including phenoxy) is 1. The van der Waals surface area contributed by atoms with E-state index in [2.05, 4.69) is 17.2 Å². The lowest BCUT2D eigenvalue weighted by Gasteiger charge is -2.36. The van der Waals surface area contributed by atoms with Crippen LogP contribution in [-0.4, -0.2) is 31.0 Å². The lowest BCUT2D eigenvalue weighted by atomic mass is 9.80. The Balaban J connectivity index is 2.24. The second-order valence-corrected chi connectivity index (χ2v) is 5.92. The molecular weight excluding hydrogens is 311 g/mol. The molecule has 1 aromatic carbocycles. The Morgan fingerprint density at radius 2 is 2.04 bits per heavy atom. The average molecular weight is 334 g/mol. The van der Waals surface area contributed by atoms with Crippen LogP contribution >= 0.6 is 0 Å². The third kappa shape index (κ3) is 3.75. The first-order valence-electron chi connectivity index (χ1n) is 8.08. The molecule has 0 unspecified atom stereocenters. The van der Waals surface area contributed by atoms with E-state index >= 15 is 0 Å². The molecule has 1 fully saturated rings. The van der Waals surface area contributed by atoms with Crippen molar-refractivity contribution in [2.45, 2.75) is 37.6 Å². The maximum absolute atomic E-state index is 14.3. The highest BCUT2D eigenvalue weighted by molar-refractivity contribution is 5.99. The summed E-state index contributed by atoms with van der Waals surface area (Å²) in [6, 6.07) is 4.37. The fraction of sp³-hybridized carbons (Fsp3) is 0.444. The van der Waals surface area contributed by atoms with E-state index in [1.54, 1.807) is 12.1 Å². The van der Waals surface area contributed by atoms with E-state index in [1.165, 1.54) is 19.2 Å². The summed E-state index contributed by atoms with van der Waals surface area (Å²) in [5.74, 6) is -1.59. The van der Waals surface area contributed by atoms with Crippen molar-refractivity contribution in [1.82, 2.24) is 10.6 Å². The van der Waals surface area contributed by atoms with Crippen LogP contribution in [0.1, 0.15) is 42.5 Å². The zero-order valence-corrected chi connectivity index (χ0v) is 13.9. The summed E-state index contributed by atoms with van der Waals surface area (Å²) in [6.45, 7) is 3.90. The Kier molecular flexibility index (Phi) is 5.95. The molecule has 1 aliphatic carbocycles. The highest BCUT2D eigenvalue weighted by Crippen LogP contribution is 2.29. The van der Waals surface area contributed by atoms with Crippen molar-refractivity contribution in [3.05, 3.63) is 42.2 Å². The number of carbonyl (C=O) groups excluding carboxylic acids is 2. The largest absolute Gasteiger partial charge is 0.494 e. The minimum atomic E-state index is -1.01. The van der Waals surface area contributed by atoms with Gasteiger partial charge < -0.3 is 15.4 Å². The van der Waals surface area contributed by atoms with Crippen molar-refractivity contribution in [3.8, 4) is 5.75 Å². The molecule has 2 rings (SSSR count). The van der Waals surface area contributed by atoms with Gasteiger partial charge in [-0.2, -0.15) is 0 Å². The summed E-state index contributed by atoms with van der Waals surface area (Å²) in [5, 5.41) is 5.52. The highest BCUT2D eigenvalue weighted by Gasteiger charge is 2.41. The van der Waals surface area contributed by atoms with Gasteiger partial charge in [0.15, 0.2) is 11.6 Å². The summed E-state index contributed by atoms with van der Waals surface area (Å²) < 4.78 is 19.2. The first-order chi connectivity index (χ1) is 11.5. The SMILES string of the molecule is C=CCNC(=O)C1(NC(=O)c2cccc(OC)c2F)CCCCC1. The van der Waals surface area contributed by atoms with Crippen LogP contribution < -0.4 is 15.4 Å². The quantitative estimate of drug-likeness (QED) is 0.786. The second kappa shape index (κ2) is 7.95. The number of nitrogens with one attached hydrogen (secondary N) is 2. The Bertz CT molecular complexity index is 625. The highest BCUT2D eigenvalue weighted by atomic mass is 19.1. The maximum Gasteiger partial charge on any atom is 0.255 e. The Morgan fingerprint density at radius 1 is 1.33 bits per heavy atom. The normalized spacial score (nSPS) is 16.1. The van der Waals surface area contributed by atoms with Crippen LogP contribution in [0.25, 0.3) is 0 Å². The third-order valence-corrected chi connectivity index (χ3v) is 4.33. The van der Waals surface area contributed by atoms with Gasteiger partial charge in [-0.3, -0.25) is 9.59 Å². The zero-order valence-electron chi connectivity index (χ0n) is 13.9. The standard InChI is InChI=1S/C18H23FN2O3/c1-3-12-20-17(23)18(10-5-4-6-11-18)21-16(22)13-8-7-9-14(24-2)15(13)19/h3,7-9H,1,4-6,10-12H2,2H3,(H,20,23)(H,21,22). The number of methoxy groups -OCH3 is 1. The Labute approximate surface area is 141 Å². The summed E-state index contributed by atoms with van der Waals surface area (Å²) in [6.07, 6.45) is 5.34. The molecule has 2 amide bonds. The van der Waals surface area contributed by atoms with Gasteiger partial charge in [-0.15, -0.1) is 6.58 Å². The van der Waals surface area contributed by atoms with E-state index in [1.807, 2.05) is 0 Å². The van der Waals surface area contributed by atoms with Crippen LogP contribution in [0, 0.1) is 5.82 Å². The van der Waals surface area contributed by atoms with Crippen molar-refractivity contribution in [3.63, 3.8) is 0 Å². The summed E-state index contributed by atoms with van der Waals surface area (Å²) in [5.41, 5.74) is -1.13. The summed E-state index contributed by atoms with van der Waals surface area (Å²) in [7, 11) is 1.34. The maximum atomic E-state index is 14.3. The smallest absolute Gasteiger partial charge is 0.255 e. The summed E-state index contributed by atoms with van der Waals surface area (Å²) in [4.78, 5) is 25.1. The predicted octanol–water partition coefficient (Wildman–Crippen LogP) is 2.57. The van der Waals surface area contributed by atoms with Crippen LogP contribution in [0.3, 0.4) is 0 Å². The molecule has 0 saturated heterocycles. The number of rotatable bonds is 6. The zero-order chi connectivity index (χ0) is 17.6. The number of amides is 2. The van der Waals surface area contributed by atoms with Gasteiger partial charge in [-0.1, -0.05) is 31.4 Å². The van der Waals surface area contributed by atoms with Gasteiger partial charge in [-0.25, -0.2) is 4.39 Å². The fourth-order valence-electron chi connectivity index (χ4n) is 3.03. The van der Waals surface area contributed by atoms with Crippen molar-refractivity contribution in [1.29, 1.82) is 0 Å². The van der Waals surface area contributed by atoms with Gasteiger partial charge in [0.2, 0.25) is 5.91 Å². The molecule has 0 aliphatic heterocycles. The Morgan fingerprint density at radius 3 is 2.67 bits per heavy atom. The van der Waals surface area contributed by atoms with Gasteiger partial charge in [0, 0.05) is 6.54 Å². The molecule has 0 atom stereocenters. The van der Waals surface area contributed by atoms with Gasteiger partial charge in [0.05, 0.1) is 12.7 Å². The first-order valence-corrected chi connectivity index (χ1v) is 8.08. The van der Waals surface area contributed by atoms with E-state index in [-0.39, 0.29) is 17.2 Å². The van der Waals surface area contributed by atoms with Crippen molar-refractivity contribution >= 4 is 11.8 Å². The van der Waals surface area contributed by atoms with Crippen molar-refractivity contribution < 1.29 is 18.7 Å². The van der Waals surface area contributed by atoms with Crippen LogP contribution in [0.2, 0.25) is 0 Å². The molecule has 1 aromatic rings. The predicted molar refractivity (Wildman–Crippen MR) is 89.4 cm³/mol. The lowest BCUT2D eigenvalue weighted by Crippen LogP contribution is -2.59. The first kappa shape index (κ1) is 18.0. The minimum absolute atomic E-state index is 0.00328. The van der Waals surface area contributed by atoms with Crippen molar-refractivity contribution in [2.75, 3.05) is 13.7 Å². The molecular formula is C18H23FN2O3. The van der Waals surface area contributed by atoms with E-state index in [0.717, 1.165) is 19.3 Å². The number of hydrogen-bond acceptors (Lipinski definition) is 3. The molecule has 0 radical (unpaired) electrons. The average Bonchev–Trinajstić information content (AvgIpc) is 2.60. The number of hydrogen-bond donors (Lipinski definition) is 2. The molecule has 24 heavy (non-hydrogen) atoms. The lowest BCUT2D eigenvalue weighted by molar-refractivity contribution is -0.128.